The molecule has 0 aliphatic rings. The second kappa shape index (κ2) is 5.50. The number of nitrogens with zero attached hydrogens (tertiary/aromatic N) is 1. The normalized spacial score (nSPS) is 11.3. The van der Waals surface area contributed by atoms with Crippen LogP contribution in [0.5, 0.6) is 0 Å². The molecule has 0 amide bonds. The molecule has 0 saturated heterocycles. The maximum atomic E-state index is 5.73. The highest BCUT2D eigenvalue weighted by Gasteiger charge is 2.21. The van der Waals surface area contributed by atoms with Gasteiger partial charge in [0.1, 0.15) is 0 Å². The summed E-state index contributed by atoms with van der Waals surface area (Å²) in [6, 6.07) is 8.54. The highest BCUT2D eigenvalue weighted by molar-refractivity contribution is 7.80. The summed E-state index contributed by atoms with van der Waals surface area (Å²) in [4.78, 5) is 2.83. The standard InChI is InChI=1S/C14H22N2S/c1-11-5-7-12(8-6-11)16(4)10-9-14(2,3)13(15)17/h5-8H,9-10H2,1-4H3,(H2,15,17). The van der Waals surface area contributed by atoms with Crippen LogP contribution in [0.3, 0.4) is 0 Å². The summed E-state index contributed by atoms with van der Waals surface area (Å²) in [6.07, 6.45) is 0.965. The van der Waals surface area contributed by atoms with Crippen molar-refractivity contribution in [1.82, 2.24) is 0 Å². The summed E-state index contributed by atoms with van der Waals surface area (Å²) < 4.78 is 0. The van der Waals surface area contributed by atoms with Crippen LogP contribution in [0.1, 0.15) is 25.8 Å². The van der Waals surface area contributed by atoms with Gasteiger partial charge in [0.05, 0.1) is 4.99 Å². The minimum absolute atomic E-state index is 0.0751. The van der Waals surface area contributed by atoms with Crippen molar-refractivity contribution in [3.63, 3.8) is 0 Å². The number of hydrogen-bond donors (Lipinski definition) is 1. The van der Waals surface area contributed by atoms with Crippen LogP contribution in [0.15, 0.2) is 24.3 Å². The summed E-state index contributed by atoms with van der Waals surface area (Å²) in [7, 11) is 2.10. The SMILES string of the molecule is Cc1ccc(N(C)CCC(C)(C)C(N)=S)cc1. The van der Waals surface area contributed by atoms with E-state index in [4.69, 9.17) is 18.0 Å². The number of nitrogens with two attached hydrogens (primary N) is 1. The topological polar surface area (TPSA) is 29.3 Å². The van der Waals surface area contributed by atoms with E-state index < -0.39 is 0 Å². The van der Waals surface area contributed by atoms with Crippen LogP contribution in [-0.2, 0) is 0 Å². The van der Waals surface area contributed by atoms with Crippen LogP contribution in [0.4, 0.5) is 5.69 Å². The Hall–Kier alpha value is -1.09. The van der Waals surface area contributed by atoms with Crippen molar-refractivity contribution in [2.24, 2.45) is 11.1 Å². The summed E-state index contributed by atoms with van der Waals surface area (Å²) in [5.74, 6) is 0. The van der Waals surface area contributed by atoms with Gasteiger partial charge in [-0.2, -0.15) is 0 Å². The van der Waals surface area contributed by atoms with E-state index in [1.807, 2.05) is 0 Å². The Morgan fingerprint density at radius 3 is 2.29 bits per heavy atom. The van der Waals surface area contributed by atoms with Crippen molar-refractivity contribution in [3.05, 3.63) is 29.8 Å². The Morgan fingerprint density at radius 1 is 1.29 bits per heavy atom. The number of benzene rings is 1. The van der Waals surface area contributed by atoms with Gasteiger partial charge in [0.15, 0.2) is 0 Å². The molecule has 2 nitrogen and oxygen atoms in total. The maximum Gasteiger partial charge on any atom is 0.0785 e. The Labute approximate surface area is 110 Å². The molecule has 0 unspecified atom stereocenters. The molecule has 0 aliphatic carbocycles. The van der Waals surface area contributed by atoms with Crippen LogP contribution in [0.25, 0.3) is 0 Å². The van der Waals surface area contributed by atoms with E-state index in [0.29, 0.717) is 4.99 Å². The predicted octanol–water partition coefficient (Wildman–Crippen LogP) is 3.13. The first-order valence-corrected chi connectivity index (χ1v) is 6.31. The third-order valence-electron chi connectivity index (χ3n) is 3.21. The molecule has 2 N–H and O–H groups in total. The third-order valence-corrected chi connectivity index (χ3v) is 3.77. The fraction of sp³-hybridized carbons (Fsp3) is 0.500. The van der Waals surface area contributed by atoms with Crippen molar-refractivity contribution in [2.75, 3.05) is 18.5 Å². The minimum atomic E-state index is -0.0751. The molecule has 94 valence electrons. The van der Waals surface area contributed by atoms with Gasteiger partial charge in [-0.25, -0.2) is 0 Å². The Balaban J connectivity index is 2.58. The van der Waals surface area contributed by atoms with E-state index in [2.05, 4.69) is 57.0 Å². The molecule has 0 heterocycles. The number of hydrogen-bond acceptors (Lipinski definition) is 2. The molecular weight excluding hydrogens is 228 g/mol. The first-order valence-electron chi connectivity index (χ1n) is 5.90. The molecule has 0 fully saturated rings. The first kappa shape index (κ1) is 14.0. The molecule has 3 heteroatoms. The van der Waals surface area contributed by atoms with E-state index in [9.17, 15) is 0 Å². The maximum absolute atomic E-state index is 5.73. The largest absolute Gasteiger partial charge is 0.393 e. The molecule has 0 atom stereocenters. The molecule has 0 aliphatic heterocycles. The third kappa shape index (κ3) is 4.00. The molecular formula is C14H22N2S. The van der Waals surface area contributed by atoms with Crippen LogP contribution < -0.4 is 10.6 Å². The van der Waals surface area contributed by atoms with Gasteiger partial charge in [-0.05, 0) is 25.5 Å². The van der Waals surface area contributed by atoms with Crippen molar-refractivity contribution < 1.29 is 0 Å². The zero-order chi connectivity index (χ0) is 13.1. The average molecular weight is 250 g/mol. The van der Waals surface area contributed by atoms with Crippen LogP contribution in [0.2, 0.25) is 0 Å². The molecule has 1 rings (SSSR count). The van der Waals surface area contributed by atoms with Crippen molar-refractivity contribution in [2.45, 2.75) is 27.2 Å². The lowest BCUT2D eigenvalue weighted by Crippen LogP contribution is -2.33. The highest BCUT2D eigenvalue weighted by atomic mass is 32.1. The minimum Gasteiger partial charge on any atom is -0.393 e. The molecule has 0 bridgehead atoms. The smallest absolute Gasteiger partial charge is 0.0785 e. The molecule has 0 radical (unpaired) electrons. The summed E-state index contributed by atoms with van der Waals surface area (Å²) >= 11 is 5.08. The van der Waals surface area contributed by atoms with Crippen LogP contribution in [-0.4, -0.2) is 18.6 Å². The molecule has 0 spiro atoms. The van der Waals surface area contributed by atoms with Crippen LogP contribution in [0, 0.1) is 12.3 Å². The predicted molar refractivity (Wildman–Crippen MR) is 79.6 cm³/mol. The van der Waals surface area contributed by atoms with Gasteiger partial charge < -0.3 is 10.6 Å². The van der Waals surface area contributed by atoms with Gasteiger partial charge in [0, 0.05) is 24.7 Å². The summed E-state index contributed by atoms with van der Waals surface area (Å²) in [6.45, 7) is 7.24. The lowest BCUT2D eigenvalue weighted by molar-refractivity contribution is 0.481. The molecule has 17 heavy (non-hydrogen) atoms. The zero-order valence-corrected chi connectivity index (χ0v) is 12.0. The number of aryl methyl sites for hydroxylation is 1. The van der Waals surface area contributed by atoms with Crippen LogP contribution >= 0.6 is 12.2 Å². The second-order valence-electron chi connectivity index (χ2n) is 5.26. The van der Waals surface area contributed by atoms with E-state index >= 15 is 0 Å². The highest BCUT2D eigenvalue weighted by Crippen LogP contribution is 2.22. The van der Waals surface area contributed by atoms with Crippen molar-refractivity contribution in [1.29, 1.82) is 0 Å². The molecule has 1 aromatic carbocycles. The number of thiocarbonyl (C=S) groups is 1. The molecule has 0 saturated carbocycles. The monoisotopic (exact) mass is 250 g/mol. The Bertz CT molecular complexity index is 382. The fourth-order valence-electron chi connectivity index (χ4n) is 1.50. The fourth-order valence-corrected chi connectivity index (χ4v) is 1.60. The Kier molecular flexibility index (Phi) is 4.52. The molecule has 1 aromatic rings. The summed E-state index contributed by atoms with van der Waals surface area (Å²) in [5, 5.41) is 0. The number of anilines is 1. The van der Waals surface area contributed by atoms with Gasteiger partial charge in [0.25, 0.3) is 0 Å². The summed E-state index contributed by atoms with van der Waals surface area (Å²) in [5.41, 5.74) is 8.17. The lowest BCUT2D eigenvalue weighted by Gasteiger charge is -2.27. The molecule has 0 aromatic heterocycles. The van der Waals surface area contributed by atoms with Gasteiger partial charge in [-0.15, -0.1) is 0 Å². The van der Waals surface area contributed by atoms with Gasteiger partial charge in [-0.1, -0.05) is 43.8 Å². The first-order chi connectivity index (χ1) is 7.83. The van der Waals surface area contributed by atoms with Gasteiger partial charge in [0.2, 0.25) is 0 Å². The lowest BCUT2D eigenvalue weighted by atomic mass is 9.89. The van der Waals surface area contributed by atoms with E-state index in [-0.39, 0.29) is 5.41 Å². The quantitative estimate of drug-likeness (QED) is 0.814. The zero-order valence-electron chi connectivity index (χ0n) is 11.2. The van der Waals surface area contributed by atoms with Gasteiger partial charge in [-0.3, -0.25) is 0 Å². The van der Waals surface area contributed by atoms with Gasteiger partial charge >= 0.3 is 0 Å². The Morgan fingerprint density at radius 2 is 1.82 bits per heavy atom. The van der Waals surface area contributed by atoms with E-state index in [1.165, 1.54) is 11.3 Å². The average Bonchev–Trinajstić information content (AvgIpc) is 2.27. The van der Waals surface area contributed by atoms with E-state index in [0.717, 1.165) is 13.0 Å². The van der Waals surface area contributed by atoms with Crippen molar-refractivity contribution >= 4 is 22.9 Å². The second-order valence-corrected chi connectivity index (χ2v) is 5.70. The number of rotatable bonds is 5. The van der Waals surface area contributed by atoms with E-state index in [1.54, 1.807) is 0 Å². The van der Waals surface area contributed by atoms with Crippen molar-refractivity contribution in [3.8, 4) is 0 Å².